The topological polar surface area (TPSA) is 84.5 Å². The van der Waals surface area contributed by atoms with Crippen molar-refractivity contribution in [3.63, 3.8) is 0 Å². The molecule has 2 aliphatic rings. The predicted molar refractivity (Wildman–Crippen MR) is 149 cm³/mol. The lowest BCUT2D eigenvalue weighted by Gasteiger charge is -2.33. The molecular formula is C28H29ClFN5O3S. The maximum Gasteiger partial charge on any atom is 0.227 e. The van der Waals surface area contributed by atoms with Crippen molar-refractivity contribution in [2.75, 3.05) is 24.2 Å². The summed E-state index contributed by atoms with van der Waals surface area (Å²) >= 11 is 6.11. The van der Waals surface area contributed by atoms with Gasteiger partial charge in [-0.2, -0.15) is 0 Å². The molecule has 2 aliphatic heterocycles. The summed E-state index contributed by atoms with van der Waals surface area (Å²) in [6.07, 6.45) is 4.29. The van der Waals surface area contributed by atoms with Crippen LogP contribution in [-0.4, -0.2) is 48.5 Å². The molecule has 0 spiro atoms. The van der Waals surface area contributed by atoms with E-state index >= 15 is 0 Å². The van der Waals surface area contributed by atoms with E-state index in [2.05, 4.69) is 21.9 Å². The molecule has 4 aromatic rings. The Labute approximate surface area is 233 Å². The van der Waals surface area contributed by atoms with Gasteiger partial charge in [0.2, 0.25) is 5.91 Å². The van der Waals surface area contributed by atoms with Crippen LogP contribution in [0.4, 0.5) is 10.1 Å². The number of imidazole rings is 1. The molecule has 0 radical (unpaired) electrons. The first-order valence-electron chi connectivity index (χ1n) is 13.0. The van der Waals surface area contributed by atoms with Gasteiger partial charge in [0, 0.05) is 43.1 Å². The van der Waals surface area contributed by atoms with Crippen molar-refractivity contribution in [3.05, 3.63) is 64.5 Å². The fourth-order valence-electron chi connectivity index (χ4n) is 6.03. The number of nitrogens with zero attached hydrogens (tertiary/aromatic N) is 5. The van der Waals surface area contributed by atoms with Crippen LogP contribution in [0.1, 0.15) is 55.0 Å². The van der Waals surface area contributed by atoms with Gasteiger partial charge in [0.1, 0.15) is 17.4 Å². The molecule has 1 amide bonds. The molecule has 2 aromatic heterocycles. The van der Waals surface area contributed by atoms with E-state index < -0.39 is 16.8 Å². The Kier molecular flexibility index (Phi) is 6.81. The molecule has 8 nitrogen and oxygen atoms in total. The molecule has 0 bridgehead atoms. The van der Waals surface area contributed by atoms with Gasteiger partial charge in [-0.25, -0.2) is 17.9 Å². The molecule has 0 N–H and O–H groups in total. The molecule has 11 heteroatoms. The third kappa shape index (κ3) is 4.58. The number of hydrogen-bond acceptors (Lipinski definition) is 5. The lowest BCUT2D eigenvalue weighted by atomic mass is 10.0. The Bertz CT molecular complexity index is 1590. The molecule has 2 fully saturated rings. The van der Waals surface area contributed by atoms with Crippen molar-refractivity contribution in [1.82, 2.24) is 19.0 Å². The van der Waals surface area contributed by atoms with E-state index in [9.17, 15) is 13.4 Å². The van der Waals surface area contributed by atoms with Crippen molar-refractivity contribution >= 4 is 45.2 Å². The maximum absolute atomic E-state index is 14.0. The second kappa shape index (κ2) is 10.1. The molecule has 2 aromatic carbocycles. The molecule has 4 heterocycles. The monoisotopic (exact) mass is 569 g/mol. The van der Waals surface area contributed by atoms with Crippen LogP contribution in [-0.2, 0) is 15.8 Å². The van der Waals surface area contributed by atoms with Gasteiger partial charge in [-0.15, -0.1) is 0 Å². The Morgan fingerprint density at radius 3 is 2.54 bits per heavy atom. The Balaban J connectivity index is 1.48. The van der Waals surface area contributed by atoms with Gasteiger partial charge in [-0.1, -0.05) is 22.8 Å². The summed E-state index contributed by atoms with van der Waals surface area (Å²) in [6, 6.07) is 10.4. The highest BCUT2D eigenvalue weighted by atomic mass is 35.5. The minimum absolute atomic E-state index is 0.0245. The van der Waals surface area contributed by atoms with Gasteiger partial charge in [0.25, 0.3) is 0 Å². The number of aromatic nitrogens is 3. The summed E-state index contributed by atoms with van der Waals surface area (Å²) in [5.74, 6) is 0.965. The molecule has 6 rings (SSSR count). The zero-order chi connectivity index (χ0) is 27.4. The van der Waals surface area contributed by atoms with E-state index in [1.165, 1.54) is 12.1 Å². The number of halogens is 2. The fourth-order valence-corrected chi connectivity index (χ4v) is 6.93. The lowest BCUT2D eigenvalue weighted by Crippen LogP contribution is -2.36. The van der Waals surface area contributed by atoms with Crippen molar-refractivity contribution in [2.24, 2.45) is 0 Å². The first kappa shape index (κ1) is 26.2. The zero-order valence-electron chi connectivity index (χ0n) is 22.0. The second-order valence-corrected chi connectivity index (χ2v) is 12.0. The van der Waals surface area contributed by atoms with E-state index in [1.54, 1.807) is 17.2 Å². The zero-order valence-corrected chi connectivity index (χ0v) is 23.6. The fraction of sp³-hybridized carbons (Fsp3) is 0.393. The first-order chi connectivity index (χ1) is 18.7. The average Bonchev–Trinajstić information content (AvgIpc) is 3.59. The minimum Gasteiger partial charge on any atom is -0.361 e. The highest BCUT2D eigenvalue weighted by molar-refractivity contribution is 7.81. The van der Waals surface area contributed by atoms with Crippen LogP contribution < -0.4 is 4.90 Å². The van der Waals surface area contributed by atoms with Crippen molar-refractivity contribution < 1.29 is 17.9 Å². The summed E-state index contributed by atoms with van der Waals surface area (Å²) in [6.45, 7) is 5.24. The number of aryl methyl sites for hydroxylation is 2. The summed E-state index contributed by atoms with van der Waals surface area (Å²) in [5.41, 5.74) is 5.09. The largest absolute Gasteiger partial charge is 0.361 e. The summed E-state index contributed by atoms with van der Waals surface area (Å²) in [7, 11) is -1.02. The SMILES string of the molecule is Cc1noc(C)c1-c1ccc2c(c1)nc([C@@H]1CCC(=O)N1c1ccc(F)c(Cl)c1)n2C1CCN(S(C)=O)CC1. The molecule has 204 valence electrons. The van der Waals surface area contributed by atoms with Crippen molar-refractivity contribution in [3.8, 4) is 11.1 Å². The number of benzene rings is 2. The molecule has 0 aliphatic carbocycles. The van der Waals surface area contributed by atoms with Crippen LogP contribution in [0.5, 0.6) is 0 Å². The molecular weight excluding hydrogens is 541 g/mol. The molecule has 2 atom stereocenters. The van der Waals surface area contributed by atoms with Crippen molar-refractivity contribution in [2.45, 2.75) is 51.6 Å². The molecule has 39 heavy (non-hydrogen) atoms. The second-order valence-electron chi connectivity index (χ2n) is 10.2. The maximum atomic E-state index is 14.0. The minimum atomic E-state index is -1.02. The third-order valence-electron chi connectivity index (χ3n) is 7.88. The Morgan fingerprint density at radius 1 is 1.10 bits per heavy atom. The molecule has 0 saturated carbocycles. The van der Waals surface area contributed by atoms with Crippen molar-refractivity contribution in [1.29, 1.82) is 0 Å². The van der Waals surface area contributed by atoms with Crippen LogP contribution in [0.25, 0.3) is 22.2 Å². The van der Waals surface area contributed by atoms with E-state index in [4.69, 9.17) is 21.1 Å². The third-order valence-corrected chi connectivity index (χ3v) is 9.26. The average molecular weight is 570 g/mol. The number of anilines is 1. The summed E-state index contributed by atoms with van der Waals surface area (Å²) in [4.78, 5) is 20.0. The van der Waals surface area contributed by atoms with Crippen LogP contribution >= 0.6 is 11.6 Å². The van der Waals surface area contributed by atoms with E-state index in [0.717, 1.165) is 52.3 Å². The van der Waals surface area contributed by atoms with Gasteiger partial charge in [0.05, 0.1) is 38.8 Å². The van der Waals surface area contributed by atoms with E-state index in [1.807, 2.05) is 24.2 Å². The standard InChI is InChI=1S/C28H29ClFN5O3S/c1-16-27(17(2)38-32-16)18-4-7-24-23(14-18)31-28(35(24)19-10-12-33(13-11-19)39(3)37)25-8-9-26(36)34(25)20-5-6-22(30)21(29)15-20/h4-7,14-15,19,25H,8-13H2,1-3H3/t25-,39?/m0/s1. The molecule has 1 unspecified atom stereocenters. The lowest BCUT2D eigenvalue weighted by molar-refractivity contribution is -0.117. The first-order valence-corrected chi connectivity index (χ1v) is 14.9. The van der Waals surface area contributed by atoms with Gasteiger partial charge < -0.3 is 14.0 Å². The van der Waals surface area contributed by atoms with Gasteiger partial charge in [0.15, 0.2) is 0 Å². The highest BCUT2D eigenvalue weighted by Gasteiger charge is 2.38. The van der Waals surface area contributed by atoms with Crippen LogP contribution in [0.3, 0.4) is 0 Å². The normalized spacial score (nSPS) is 19.9. The van der Waals surface area contributed by atoms with Crippen LogP contribution in [0, 0.1) is 19.7 Å². The Morgan fingerprint density at radius 2 is 1.87 bits per heavy atom. The smallest absolute Gasteiger partial charge is 0.227 e. The number of fused-ring (bicyclic) bond motifs is 1. The van der Waals surface area contributed by atoms with Gasteiger partial charge in [-0.3, -0.25) is 4.79 Å². The number of carbonyl (C=O) groups excluding carboxylic acids is 1. The number of amides is 1. The summed E-state index contributed by atoms with van der Waals surface area (Å²) in [5, 5.41) is 4.08. The highest BCUT2D eigenvalue weighted by Crippen LogP contribution is 2.42. The number of piperidine rings is 1. The van der Waals surface area contributed by atoms with Gasteiger partial charge in [-0.05, 0) is 69.0 Å². The van der Waals surface area contributed by atoms with E-state index in [-0.39, 0.29) is 23.0 Å². The van der Waals surface area contributed by atoms with Crippen LogP contribution in [0.2, 0.25) is 5.02 Å². The van der Waals surface area contributed by atoms with Gasteiger partial charge >= 0.3 is 0 Å². The Hall–Kier alpha value is -3.08. The number of hydrogen-bond donors (Lipinski definition) is 0. The predicted octanol–water partition coefficient (Wildman–Crippen LogP) is 5.90. The van der Waals surface area contributed by atoms with E-state index in [0.29, 0.717) is 31.6 Å². The quantitative estimate of drug-likeness (QED) is 0.299. The number of carbonyl (C=O) groups is 1. The summed E-state index contributed by atoms with van der Waals surface area (Å²) < 4.78 is 35.7. The van der Waals surface area contributed by atoms with Crippen LogP contribution in [0.15, 0.2) is 40.9 Å². The molecule has 2 saturated heterocycles. The number of rotatable bonds is 5.